The van der Waals surface area contributed by atoms with Crippen LogP contribution in [0, 0.1) is 12.8 Å². The molecule has 3 atom stereocenters. The molecule has 5 nitrogen and oxygen atoms in total. The second kappa shape index (κ2) is 11.7. The number of hydrogen-bond donors (Lipinski definition) is 3. The summed E-state index contributed by atoms with van der Waals surface area (Å²) in [6, 6.07) is 16.8. The van der Waals surface area contributed by atoms with Crippen LogP contribution in [0.15, 0.2) is 54.6 Å². The average Bonchev–Trinajstić information content (AvgIpc) is 2.74. The Morgan fingerprint density at radius 3 is 2.37 bits per heavy atom. The molecule has 6 heteroatoms. The Balaban J connectivity index is 0.00000320. The monoisotopic (exact) mass is 429 g/mol. The highest BCUT2D eigenvalue weighted by Gasteiger charge is 2.27. The van der Waals surface area contributed by atoms with Gasteiger partial charge in [-0.2, -0.15) is 0 Å². The first kappa shape index (κ1) is 23.9. The second-order valence-electron chi connectivity index (χ2n) is 7.96. The molecular formula is C24H32ClN3O2. The summed E-state index contributed by atoms with van der Waals surface area (Å²) in [5.41, 5.74) is 8.50. The van der Waals surface area contributed by atoms with Crippen LogP contribution in [-0.4, -0.2) is 24.4 Å². The predicted octanol–water partition coefficient (Wildman–Crippen LogP) is 3.91. The molecule has 2 aromatic carbocycles. The summed E-state index contributed by atoms with van der Waals surface area (Å²) in [7, 11) is 0. The van der Waals surface area contributed by atoms with Crippen molar-refractivity contribution in [2.24, 2.45) is 11.7 Å². The lowest BCUT2D eigenvalue weighted by atomic mass is 9.84. The van der Waals surface area contributed by atoms with Gasteiger partial charge >= 0.3 is 0 Å². The van der Waals surface area contributed by atoms with Gasteiger partial charge in [-0.15, -0.1) is 12.4 Å². The molecule has 0 bridgehead atoms. The van der Waals surface area contributed by atoms with E-state index in [0.717, 1.165) is 30.4 Å². The lowest BCUT2D eigenvalue weighted by Gasteiger charge is -2.32. The molecule has 1 saturated carbocycles. The van der Waals surface area contributed by atoms with Crippen molar-refractivity contribution in [2.45, 2.75) is 51.1 Å². The topological polar surface area (TPSA) is 84.2 Å². The third kappa shape index (κ3) is 6.57. The molecule has 0 aromatic heterocycles. The van der Waals surface area contributed by atoms with Crippen molar-refractivity contribution in [1.82, 2.24) is 10.6 Å². The number of hydrogen-bond acceptors (Lipinski definition) is 3. The van der Waals surface area contributed by atoms with E-state index in [0.29, 0.717) is 18.0 Å². The first-order chi connectivity index (χ1) is 14.1. The zero-order valence-corrected chi connectivity index (χ0v) is 18.3. The zero-order chi connectivity index (χ0) is 20.6. The smallest absolute Gasteiger partial charge is 0.251 e. The van der Waals surface area contributed by atoms with Crippen LogP contribution in [0.3, 0.4) is 0 Å². The Hall–Kier alpha value is -2.37. The molecule has 0 radical (unpaired) electrons. The molecule has 4 N–H and O–H groups in total. The van der Waals surface area contributed by atoms with Crippen molar-refractivity contribution < 1.29 is 9.59 Å². The van der Waals surface area contributed by atoms with E-state index in [2.05, 4.69) is 10.6 Å². The number of halogens is 1. The molecule has 2 aromatic rings. The molecule has 0 heterocycles. The number of benzene rings is 2. The van der Waals surface area contributed by atoms with Gasteiger partial charge in [-0.3, -0.25) is 9.59 Å². The molecule has 1 aliphatic carbocycles. The van der Waals surface area contributed by atoms with Gasteiger partial charge in [-0.25, -0.2) is 0 Å². The molecular weight excluding hydrogens is 398 g/mol. The third-order valence-electron chi connectivity index (χ3n) is 5.77. The van der Waals surface area contributed by atoms with Gasteiger partial charge in [0.1, 0.15) is 0 Å². The van der Waals surface area contributed by atoms with Gasteiger partial charge < -0.3 is 16.4 Å². The van der Waals surface area contributed by atoms with Crippen LogP contribution < -0.4 is 16.4 Å². The molecule has 0 aliphatic heterocycles. The van der Waals surface area contributed by atoms with Crippen LogP contribution >= 0.6 is 12.4 Å². The second-order valence-corrected chi connectivity index (χ2v) is 7.96. The fourth-order valence-electron chi connectivity index (χ4n) is 4.01. The third-order valence-corrected chi connectivity index (χ3v) is 5.77. The number of amides is 2. The maximum atomic E-state index is 12.8. The molecule has 3 unspecified atom stereocenters. The molecule has 1 aliphatic rings. The van der Waals surface area contributed by atoms with Crippen molar-refractivity contribution in [1.29, 1.82) is 0 Å². The number of aryl methyl sites for hydroxylation is 1. The minimum absolute atomic E-state index is 0. The first-order valence-electron chi connectivity index (χ1n) is 10.5. The Morgan fingerprint density at radius 1 is 1.03 bits per heavy atom. The minimum Gasteiger partial charge on any atom is -0.353 e. The molecule has 0 spiro atoms. The largest absolute Gasteiger partial charge is 0.353 e. The molecule has 2 amide bonds. The van der Waals surface area contributed by atoms with E-state index in [1.165, 1.54) is 6.42 Å². The highest BCUT2D eigenvalue weighted by Crippen LogP contribution is 2.24. The van der Waals surface area contributed by atoms with Crippen LogP contribution in [-0.2, 0) is 4.79 Å². The number of nitrogens with two attached hydrogens (primary N) is 1. The van der Waals surface area contributed by atoms with Gasteiger partial charge in [0.15, 0.2) is 0 Å². The fourth-order valence-corrected chi connectivity index (χ4v) is 4.01. The highest BCUT2D eigenvalue weighted by atomic mass is 35.5. The first-order valence-corrected chi connectivity index (χ1v) is 10.5. The van der Waals surface area contributed by atoms with Crippen molar-refractivity contribution in [2.75, 3.05) is 6.54 Å². The lowest BCUT2D eigenvalue weighted by molar-refractivity contribution is -0.122. The maximum absolute atomic E-state index is 12.8. The standard InChI is InChI=1S/C24H31N3O2.ClH/c1-17-11-13-19(14-12-17)24(29)27-22(18-7-3-2-4-8-18)15-23(28)26-21-10-6-5-9-20(21)16-25;/h2-4,7-8,11-14,20-22H,5-6,9-10,15-16,25H2,1H3,(H,26,28)(H,27,29);1H. The molecule has 30 heavy (non-hydrogen) atoms. The van der Waals surface area contributed by atoms with Gasteiger partial charge in [0.25, 0.3) is 5.91 Å². The number of rotatable bonds is 7. The van der Waals surface area contributed by atoms with Crippen molar-refractivity contribution in [3.05, 3.63) is 71.3 Å². The molecule has 0 saturated heterocycles. The summed E-state index contributed by atoms with van der Waals surface area (Å²) in [5, 5.41) is 6.21. The van der Waals surface area contributed by atoms with Gasteiger partial charge in [0.2, 0.25) is 5.91 Å². The minimum atomic E-state index is -0.384. The average molecular weight is 430 g/mol. The summed E-state index contributed by atoms with van der Waals surface area (Å²) in [6.45, 7) is 2.58. The van der Waals surface area contributed by atoms with E-state index in [1.54, 1.807) is 12.1 Å². The fraction of sp³-hybridized carbons (Fsp3) is 0.417. The maximum Gasteiger partial charge on any atom is 0.251 e. The van der Waals surface area contributed by atoms with Gasteiger partial charge in [-0.05, 0) is 49.9 Å². The summed E-state index contributed by atoms with van der Waals surface area (Å²) < 4.78 is 0. The molecule has 162 valence electrons. The number of carbonyl (C=O) groups is 2. The van der Waals surface area contributed by atoms with E-state index in [4.69, 9.17) is 5.73 Å². The number of nitrogens with one attached hydrogen (secondary N) is 2. The van der Waals surface area contributed by atoms with Crippen molar-refractivity contribution >= 4 is 24.2 Å². The van der Waals surface area contributed by atoms with E-state index in [1.807, 2.05) is 49.4 Å². The van der Waals surface area contributed by atoms with Gasteiger partial charge in [0, 0.05) is 11.6 Å². The van der Waals surface area contributed by atoms with Crippen LogP contribution in [0.5, 0.6) is 0 Å². The SMILES string of the molecule is Cc1ccc(C(=O)NC(CC(=O)NC2CCCCC2CN)c2ccccc2)cc1.Cl. The van der Waals surface area contributed by atoms with Crippen molar-refractivity contribution in [3.8, 4) is 0 Å². The predicted molar refractivity (Wildman–Crippen MR) is 123 cm³/mol. The summed E-state index contributed by atoms with van der Waals surface area (Å²) in [4.78, 5) is 25.6. The van der Waals surface area contributed by atoms with Crippen molar-refractivity contribution in [3.63, 3.8) is 0 Å². The van der Waals surface area contributed by atoms with E-state index in [-0.39, 0.29) is 42.7 Å². The quantitative estimate of drug-likeness (QED) is 0.623. The Labute approximate surface area is 185 Å². The summed E-state index contributed by atoms with van der Waals surface area (Å²) in [6.07, 6.45) is 4.53. The summed E-state index contributed by atoms with van der Waals surface area (Å²) >= 11 is 0. The lowest BCUT2D eigenvalue weighted by Crippen LogP contribution is -2.45. The molecule has 1 fully saturated rings. The normalized spacial score (nSPS) is 19.3. The van der Waals surface area contributed by atoms with Crippen LogP contribution in [0.1, 0.15) is 59.6 Å². The Morgan fingerprint density at radius 2 is 1.70 bits per heavy atom. The zero-order valence-electron chi connectivity index (χ0n) is 17.5. The van der Waals surface area contributed by atoms with E-state index < -0.39 is 0 Å². The highest BCUT2D eigenvalue weighted by molar-refractivity contribution is 5.94. The van der Waals surface area contributed by atoms with Crippen LogP contribution in [0.25, 0.3) is 0 Å². The van der Waals surface area contributed by atoms with E-state index >= 15 is 0 Å². The van der Waals surface area contributed by atoms with Gasteiger partial charge in [0.05, 0.1) is 12.5 Å². The number of carbonyl (C=O) groups excluding carboxylic acids is 2. The van der Waals surface area contributed by atoms with Crippen LogP contribution in [0.4, 0.5) is 0 Å². The van der Waals surface area contributed by atoms with E-state index in [9.17, 15) is 9.59 Å². The Bertz CT molecular complexity index is 811. The van der Waals surface area contributed by atoms with Gasteiger partial charge in [-0.1, -0.05) is 60.9 Å². The van der Waals surface area contributed by atoms with Crippen LogP contribution in [0.2, 0.25) is 0 Å². The summed E-state index contributed by atoms with van der Waals surface area (Å²) in [5.74, 6) is 0.114. The molecule has 3 rings (SSSR count). The Kier molecular flexibility index (Phi) is 9.34.